The van der Waals surface area contributed by atoms with Gasteiger partial charge in [-0.15, -0.1) is 0 Å². The number of anilines is 1. The van der Waals surface area contributed by atoms with Crippen molar-refractivity contribution in [3.63, 3.8) is 0 Å². The van der Waals surface area contributed by atoms with E-state index in [1.807, 2.05) is 87.5 Å². The van der Waals surface area contributed by atoms with Gasteiger partial charge in [-0.25, -0.2) is 8.42 Å². The van der Waals surface area contributed by atoms with E-state index in [0.717, 1.165) is 39.2 Å². The van der Waals surface area contributed by atoms with E-state index in [4.69, 9.17) is 0 Å². The average Bonchev–Trinajstić information content (AvgIpc) is 2.93. The van der Waals surface area contributed by atoms with Gasteiger partial charge in [0.1, 0.15) is 12.6 Å². The number of para-hydroxylation sites is 1. The van der Waals surface area contributed by atoms with Gasteiger partial charge in [-0.3, -0.25) is 13.9 Å². The van der Waals surface area contributed by atoms with Gasteiger partial charge < -0.3 is 10.2 Å². The monoisotopic (exact) mass is 549 g/mol. The number of hydrogen-bond donors (Lipinski definition) is 1. The van der Waals surface area contributed by atoms with Gasteiger partial charge >= 0.3 is 0 Å². The smallest absolute Gasteiger partial charge is 0.244 e. The van der Waals surface area contributed by atoms with Crippen molar-refractivity contribution in [2.45, 2.75) is 52.6 Å². The number of rotatable bonds is 13. The Hall–Kier alpha value is -3.65. The maximum absolute atomic E-state index is 14.1. The summed E-state index contributed by atoms with van der Waals surface area (Å²) in [5.41, 5.74) is 4.14. The van der Waals surface area contributed by atoms with E-state index >= 15 is 0 Å². The van der Waals surface area contributed by atoms with Crippen molar-refractivity contribution in [2.75, 3.05) is 23.7 Å². The minimum Gasteiger partial charge on any atom is -0.354 e. The van der Waals surface area contributed by atoms with Crippen molar-refractivity contribution in [3.8, 4) is 0 Å². The topological polar surface area (TPSA) is 86.8 Å². The molecule has 3 aromatic carbocycles. The number of sulfonamides is 1. The van der Waals surface area contributed by atoms with E-state index in [2.05, 4.69) is 5.32 Å². The molecule has 2 amide bonds. The lowest BCUT2D eigenvalue weighted by molar-refractivity contribution is -0.140. The molecule has 0 saturated carbocycles. The summed E-state index contributed by atoms with van der Waals surface area (Å²) >= 11 is 0. The van der Waals surface area contributed by atoms with Gasteiger partial charge in [-0.2, -0.15) is 0 Å². The Labute approximate surface area is 232 Å². The third kappa shape index (κ3) is 8.42. The summed E-state index contributed by atoms with van der Waals surface area (Å²) in [5, 5.41) is 2.95. The zero-order valence-corrected chi connectivity index (χ0v) is 24.1. The molecule has 0 bridgehead atoms. The highest BCUT2D eigenvalue weighted by atomic mass is 32.2. The van der Waals surface area contributed by atoms with Crippen LogP contribution in [0.3, 0.4) is 0 Å². The Balaban J connectivity index is 2.05. The van der Waals surface area contributed by atoms with E-state index in [-0.39, 0.29) is 12.5 Å². The molecule has 1 N–H and O–H groups in total. The maximum atomic E-state index is 14.1. The van der Waals surface area contributed by atoms with Crippen molar-refractivity contribution in [1.29, 1.82) is 0 Å². The van der Waals surface area contributed by atoms with Crippen LogP contribution in [0.15, 0.2) is 78.9 Å². The first-order valence-corrected chi connectivity index (χ1v) is 15.2. The molecule has 0 fully saturated rings. The second kappa shape index (κ2) is 13.9. The first-order chi connectivity index (χ1) is 18.6. The largest absolute Gasteiger partial charge is 0.354 e. The molecule has 0 spiro atoms. The predicted octanol–water partition coefficient (Wildman–Crippen LogP) is 4.49. The van der Waals surface area contributed by atoms with Gasteiger partial charge in [0.05, 0.1) is 11.9 Å². The number of carbonyl (C=O) groups excluding carboxylic acids is 2. The molecule has 0 radical (unpaired) electrons. The van der Waals surface area contributed by atoms with Crippen LogP contribution in [0.4, 0.5) is 5.69 Å². The van der Waals surface area contributed by atoms with Gasteiger partial charge in [0.15, 0.2) is 0 Å². The van der Waals surface area contributed by atoms with Gasteiger partial charge in [0.2, 0.25) is 21.8 Å². The molecule has 0 saturated heterocycles. The highest BCUT2D eigenvalue weighted by Gasteiger charge is 2.33. The number of hydrogen-bond acceptors (Lipinski definition) is 4. The van der Waals surface area contributed by atoms with E-state index in [0.29, 0.717) is 25.1 Å². The van der Waals surface area contributed by atoms with E-state index in [1.165, 1.54) is 4.90 Å². The molecular weight excluding hydrogens is 510 g/mol. The lowest BCUT2D eigenvalue weighted by Crippen LogP contribution is -2.53. The van der Waals surface area contributed by atoms with Crippen LogP contribution in [0.25, 0.3) is 0 Å². The van der Waals surface area contributed by atoms with Crippen LogP contribution in [0.1, 0.15) is 42.5 Å². The number of carbonyl (C=O) groups is 2. The highest BCUT2D eigenvalue weighted by molar-refractivity contribution is 7.92. The number of benzene rings is 3. The summed E-state index contributed by atoms with van der Waals surface area (Å²) in [7, 11) is -3.79. The van der Waals surface area contributed by atoms with Crippen molar-refractivity contribution in [1.82, 2.24) is 10.2 Å². The van der Waals surface area contributed by atoms with E-state index < -0.39 is 28.5 Å². The Bertz CT molecular complexity index is 1340. The van der Waals surface area contributed by atoms with Gasteiger partial charge in [0, 0.05) is 19.5 Å². The molecule has 0 unspecified atom stereocenters. The fraction of sp³-hybridized carbons (Fsp3) is 0.355. The number of nitrogens with zero attached hydrogens (tertiary/aromatic N) is 2. The molecule has 0 heterocycles. The first-order valence-electron chi connectivity index (χ1n) is 13.4. The quantitative estimate of drug-likeness (QED) is 0.340. The Morgan fingerprint density at radius 2 is 1.51 bits per heavy atom. The molecule has 0 aliphatic carbocycles. The van der Waals surface area contributed by atoms with Crippen LogP contribution < -0.4 is 9.62 Å². The normalized spacial score (nSPS) is 12.0. The van der Waals surface area contributed by atoms with Gasteiger partial charge in [0.25, 0.3) is 0 Å². The van der Waals surface area contributed by atoms with Crippen LogP contribution in [0.5, 0.6) is 0 Å². The summed E-state index contributed by atoms with van der Waals surface area (Å²) in [4.78, 5) is 29.1. The summed E-state index contributed by atoms with van der Waals surface area (Å²) < 4.78 is 27.1. The minimum atomic E-state index is -3.79. The van der Waals surface area contributed by atoms with Gasteiger partial charge in [-0.05, 0) is 42.5 Å². The third-order valence-electron chi connectivity index (χ3n) is 6.61. The van der Waals surface area contributed by atoms with Crippen LogP contribution in [0, 0.1) is 6.92 Å². The number of aryl methyl sites for hydroxylation is 2. The van der Waals surface area contributed by atoms with E-state index in [1.54, 1.807) is 12.1 Å². The molecule has 0 aliphatic rings. The van der Waals surface area contributed by atoms with Crippen molar-refractivity contribution >= 4 is 27.5 Å². The fourth-order valence-corrected chi connectivity index (χ4v) is 5.34. The number of amides is 2. The molecule has 208 valence electrons. The molecule has 39 heavy (non-hydrogen) atoms. The zero-order valence-electron chi connectivity index (χ0n) is 23.3. The first kappa shape index (κ1) is 29.9. The zero-order chi connectivity index (χ0) is 28.4. The summed E-state index contributed by atoms with van der Waals surface area (Å²) in [6.45, 7) is 6.14. The Morgan fingerprint density at radius 1 is 0.872 bits per heavy atom. The lowest BCUT2D eigenvalue weighted by atomic mass is 10.0. The van der Waals surface area contributed by atoms with E-state index in [9.17, 15) is 18.0 Å². The molecule has 0 aromatic heterocycles. The molecule has 0 aliphatic heterocycles. The maximum Gasteiger partial charge on any atom is 0.244 e. The van der Waals surface area contributed by atoms with Crippen LogP contribution in [0.2, 0.25) is 0 Å². The van der Waals surface area contributed by atoms with Crippen LogP contribution in [-0.2, 0) is 39.0 Å². The van der Waals surface area contributed by atoms with Crippen molar-refractivity contribution in [2.24, 2.45) is 0 Å². The third-order valence-corrected chi connectivity index (χ3v) is 7.74. The molecule has 8 heteroatoms. The Kier molecular flexibility index (Phi) is 10.7. The fourth-order valence-electron chi connectivity index (χ4n) is 4.46. The van der Waals surface area contributed by atoms with Crippen molar-refractivity contribution in [3.05, 3.63) is 101 Å². The van der Waals surface area contributed by atoms with Gasteiger partial charge in [-0.1, -0.05) is 92.2 Å². The summed E-state index contributed by atoms with van der Waals surface area (Å²) in [6.07, 6.45) is 2.77. The Morgan fingerprint density at radius 3 is 2.13 bits per heavy atom. The second-order valence-electron chi connectivity index (χ2n) is 9.76. The molecular formula is C31H39N3O4S. The number of nitrogens with one attached hydrogen (secondary N) is 1. The molecule has 3 rings (SSSR count). The highest BCUT2D eigenvalue weighted by Crippen LogP contribution is 2.24. The second-order valence-corrected chi connectivity index (χ2v) is 11.7. The lowest BCUT2D eigenvalue weighted by Gasteiger charge is -2.34. The predicted molar refractivity (Wildman–Crippen MR) is 157 cm³/mol. The average molecular weight is 550 g/mol. The standard InChI is InChI=1S/C31H39N3O4S/c1-5-20-32-31(36)29(21-25-12-8-7-9-13-25)33(22-26-18-16-24(3)17-19-26)30(35)23-34(39(4,37)38)28-15-11-10-14-27(28)6-2/h7-19,29H,5-6,20-23H2,1-4H3,(H,32,36)/t29-/m0/s1. The molecule has 7 nitrogen and oxygen atoms in total. The van der Waals surface area contributed by atoms with Crippen LogP contribution >= 0.6 is 0 Å². The molecule has 3 aromatic rings. The van der Waals surface area contributed by atoms with Crippen LogP contribution in [-0.4, -0.2) is 50.5 Å². The molecule has 1 atom stereocenters. The van der Waals surface area contributed by atoms with Crippen molar-refractivity contribution < 1.29 is 18.0 Å². The minimum absolute atomic E-state index is 0.170. The SMILES string of the molecule is CCCNC(=O)[C@H](Cc1ccccc1)N(Cc1ccc(C)cc1)C(=O)CN(c1ccccc1CC)S(C)(=O)=O. The summed E-state index contributed by atoms with van der Waals surface area (Å²) in [5.74, 6) is -0.708. The summed E-state index contributed by atoms with van der Waals surface area (Å²) in [6, 6.07) is 23.7.